The number of amides is 1. The van der Waals surface area contributed by atoms with E-state index in [9.17, 15) is 14.7 Å². The first-order chi connectivity index (χ1) is 9.04. The number of nitrogens with zero attached hydrogens (tertiary/aromatic N) is 1. The third-order valence-corrected chi connectivity index (χ3v) is 3.92. The van der Waals surface area contributed by atoms with Crippen LogP contribution in [0, 0.1) is 12.8 Å². The van der Waals surface area contributed by atoms with Crippen LogP contribution >= 0.6 is 0 Å². The average Bonchev–Trinajstić information content (AvgIpc) is 2.83. The van der Waals surface area contributed by atoms with E-state index < -0.39 is 12.0 Å². The number of carboxylic acid groups (broad SMARTS) is 1. The third kappa shape index (κ3) is 2.64. The third-order valence-electron chi connectivity index (χ3n) is 3.92. The predicted octanol–water partition coefficient (Wildman–Crippen LogP) is 2.30. The smallest absolute Gasteiger partial charge is 0.326 e. The van der Waals surface area contributed by atoms with Crippen molar-refractivity contribution in [2.24, 2.45) is 5.92 Å². The summed E-state index contributed by atoms with van der Waals surface area (Å²) in [5.74, 6) is -0.247. The molecule has 1 N–H and O–H groups in total. The number of rotatable bonds is 3. The van der Waals surface area contributed by atoms with Gasteiger partial charge in [0.1, 0.15) is 11.8 Å². The van der Waals surface area contributed by atoms with E-state index in [0.29, 0.717) is 30.2 Å². The number of carbonyl (C=O) groups is 2. The second kappa shape index (κ2) is 5.47. The number of aliphatic carboxylic acids is 1. The van der Waals surface area contributed by atoms with E-state index in [1.165, 1.54) is 11.2 Å². The maximum atomic E-state index is 12.4. The molecule has 2 atom stereocenters. The van der Waals surface area contributed by atoms with E-state index in [1.54, 1.807) is 13.0 Å². The molecule has 0 bridgehead atoms. The van der Waals surface area contributed by atoms with E-state index in [4.69, 9.17) is 4.42 Å². The number of piperidine rings is 1. The summed E-state index contributed by atoms with van der Waals surface area (Å²) < 4.78 is 5.12. The molecule has 5 heteroatoms. The Labute approximate surface area is 112 Å². The van der Waals surface area contributed by atoms with Crippen molar-refractivity contribution in [2.45, 2.75) is 39.2 Å². The van der Waals surface area contributed by atoms with Gasteiger partial charge in [-0.05, 0) is 31.7 Å². The summed E-state index contributed by atoms with van der Waals surface area (Å²) >= 11 is 0. The highest BCUT2D eigenvalue weighted by molar-refractivity contribution is 5.97. The Morgan fingerprint density at radius 1 is 1.53 bits per heavy atom. The van der Waals surface area contributed by atoms with Gasteiger partial charge in [0.15, 0.2) is 0 Å². The van der Waals surface area contributed by atoms with Gasteiger partial charge < -0.3 is 14.4 Å². The van der Waals surface area contributed by atoms with Gasteiger partial charge in [-0.15, -0.1) is 0 Å². The lowest BCUT2D eigenvalue weighted by Crippen LogP contribution is -2.50. The molecule has 19 heavy (non-hydrogen) atoms. The van der Waals surface area contributed by atoms with Crippen LogP contribution in [0.25, 0.3) is 0 Å². The molecule has 0 spiro atoms. The lowest BCUT2D eigenvalue weighted by Gasteiger charge is -2.36. The molecule has 5 nitrogen and oxygen atoms in total. The van der Waals surface area contributed by atoms with Gasteiger partial charge in [0.2, 0.25) is 0 Å². The van der Waals surface area contributed by atoms with Crippen LogP contribution in [0.15, 0.2) is 16.7 Å². The number of carbonyl (C=O) groups excluding carboxylic acids is 1. The molecule has 1 fully saturated rings. The highest BCUT2D eigenvalue weighted by Crippen LogP contribution is 2.27. The summed E-state index contributed by atoms with van der Waals surface area (Å²) in [5, 5.41) is 9.32. The molecule has 1 amide bonds. The predicted molar refractivity (Wildman–Crippen MR) is 68.9 cm³/mol. The standard InChI is InChI=1S/C14H19NO4/c1-3-10-4-6-15(12(8-10)14(17)18)13(16)11-5-7-19-9(11)2/h5,7,10,12H,3-4,6,8H2,1-2H3,(H,17,18). The van der Waals surface area contributed by atoms with Crippen LogP contribution in [0.1, 0.15) is 42.3 Å². The van der Waals surface area contributed by atoms with E-state index in [2.05, 4.69) is 6.92 Å². The highest BCUT2D eigenvalue weighted by atomic mass is 16.4. The Balaban J connectivity index is 2.20. The molecule has 0 radical (unpaired) electrons. The highest BCUT2D eigenvalue weighted by Gasteiger charge is 2.36. The van der Waals surface area contributed by atoms with Gasteiger partial charge in [-0.2, -0.15) is 0 Å². The summed E-state index contributed by atoms with van der Waals surface area (Å²) in [6.07, 6.45) is 3.81. The number of carboxylic acids is 1. The minimum Gasteiger partial charge on any atom is -0.480 e. The first kappa shape index (κ1) is 13.6. The minimum absolute atomic E-state index is 0.242. The monoisotopic (exact) mass is 265 g/mol. The molecule has 2 unspecified atom stereocenters. The molecule has 0 aromatic carbocycles. The Morgan fingerprint density at radius 3 is 2.79 bits per heavy atom. The van der Waals surface area contributed by atoms with Crippen molar-refractivity contribution in [3.8, 4) is 0 Å². The Kier molecular flexibility index (Phi) is 3.93. The maximum absolute atomic E-state index is 12.4. The Bertz CT molecular complexity index is 480. The minimum atomic E-state index is -0.923. The van der Waals surface area contributed by atoms with E-state index in [1.807, 2.05) is 0 Å². The largest absolute Gasteiger partial charge is 0.480 e. The number of likely N-dealkylation sites (tertiary alicyclic amines) is 1. The van der Waals surface area contributed by atoms with Gasteiger partial charge in [0.25, 0.3) is 5.91 Å². The zero-order chi connectivity index (χ0) is 14.0. The van der Waals surface area contributed by atoms with Crippen LogP contribution in [0.5, 0.6) is 0 Å². The van der Waals surface area contributed by atoms with Crippen LogP contribution in [-0.4, -0.2) is 34.5 Å². The van der Waals surface area contributed by atoms with Crippen LogP contribution in [-0.2, 0) is 4.79 Å². The lowest BCUT2D eigenvalue weighted by molar-refractivity contribution is -0.144. The van der Waals surface area contributed by atoms with E-state index in [0.717, 1.165) is 12.8 Å². The summed E-state index contributed by atoms with van der Waals surface area (Å²) in [4.78, 5) is 25.2. The van der Waals surface area contributed by atoms with Crippen LogP contribution in [0.3, 0.4) is 0 Å². The Morgan fingerprint density at radius 2 is 2.26 bits per heavy atom. The van der Waals surface area contributed by atoms with Crippen molar-refractivity contribution in [3.63, 3.8) is 0 Å². The molecular formula is C14H19NO4. The fourth-order valence-corrected chi connectivity index (χ4v) is 2.65. The number of hydrogen-bond acceptors (Lipinski definition) is 3. The number of aryl methyl sites for hydroxylation is 1. The number of hydrogen-bond donors (Lipinski definition) is 1. The summed E-state index contributed by atoms with van der Waals surface area (Å²) in [6.45, 7) is 4.27. The van der Waals surface area contributed by atoms with Crippen molar-refractivity contribution in [2.75, 3.05) is 6.54 Å². The van der Waals surface area contributed by atoms with Gasteiger partial charge >= 0.3 is 5.97 Å². The molecule has 1 aliphatic heterocycles. The SMILES string of the molecule is CCC1CCN(C(=O)c2ccoc2C)C(C(=O)O)C1. The van der Waals surface area contributed by atoms with Crippen molar-refractivity contribution >= 4 is 11.9 Å². The van der Waals surface area contributed by atoms with Gasteiger partial charge in [-0.25, -0.2) is 4.79 Å². The summed E-state index contributed by atoms with van der Waals surface area (Å²) in [7, 11) is 0. The van der Waals surface area contributed by atoms with Gasteiger partial charge in [0, 0.05) is 6.54 Å². The molecule has 0 saturated carbocycles. The fourth-order valence-electron chi connectivity index (χ4n) is 2.65. The first-order valence-corrected chi connectivity index (χ1v) is 6.62. The quantitative estimate of drug-likeness (QED) is 0.910. The van der Waals surface area contributed by atoms with Crippen LogP contribution in [0.4, 0.5) is 0 Å². The Hall–Kier alpha value is -1.78. The fraction of sp³-hybridized carbons (Fsp3) is 0.571. The van der Waals surface area contributed by atoms with Gasteiger partial charge in [0.05, 0.1) is 11.8 Å². The van der Waals surface area contributed by atoms with Crippen LogP contribution < -0.4 is 0 Å². The van der Waals surface area contributed by atoms with Crippen molar-refractivity contribution in [1.82, 2.24) is 4.90 Å². The molecule has 2 rings (SSSR count). The molecule has 1 aliphatic rings. The molecule has 1 aromatic heterocycles. The number of furan rings is 1. The maximum Gasteiger partial charge on any atom is 0.326 e. The molecule has 104 valence electrons. The van der Waals surface area contributed by atoms with Crippen LogP contribution in [0.2, 0.25) is 0 Å². The second-order valence-corrected chi connectivity index (χ2v) is 5.04. The second-order valence-electron chi connectivity index (χ2n) is 5.04. The molecule has 0 aliphatic carbocycles. The molecule has 1 saturated heterocycles. The zero-order valence-corrected chi connectivity index (χ0v) is 11.3. The normalized spacial score (nSPS) is 23.4. The topological polar surface area (TPSA) is 70.8 Å². The van der Waals surface area contributed by atoms with Crippen molar-refractivity contribution in [3.05, 3.63) is 23.7 Å². The zero-order valence-electron chi connectivity index (χ0n) is 11.3. The van der Waals surface area contributed by atoms with Crippen molar-refractivity contribution < 1.29 is 19.1 Å². The van der Waals surface area contributed by atoms with E-state index >= 15 is 0 Å². The lowest BCUT2D eigenvalue weighted by atomic mass is 9.88. The molecule has 1 aromatic rings. The first-order valence-electron chi connectivity index (χ1n) is 6.62. The average molecular weight is 265 g/mol. The summed E-state index contributed by atoms with van der Waals surface area (Å²) in [6, 6.07) is 0.878. The molecule has 2 heterocycles. The van der Waals surface area contributed by atoms with E-state index in [-0.39, 0.29) is 5.91 Å². The van der Waals surface area contributed by atoms with Gasteiger partial charge in [-0.3, -0.25) is 4.79 Å². The van der Waals surface area contributed by atoms with Gasteiger partial charge in [-0.1, -0.05) is 13.3 Å². The van der Waals surface area contributed by atoms with Crippen molar-refractivity contribution in [1.29, 1.82) is 0 Å². The molecular weight excluding hydrogens is 246 g/mol. The summed E-state index contributed by atoms with van der Waals surface area (Å²) in [5.41, 5.74) is 0.459.